The fourth-order valence-corrected chi connectivity index (χ4v) is 4.36. The molecule has 2 heterocycles. The van der Waals surface area contributed by atoms with E-state index in [0.29, 0.717) is 33.6 Å². The van der Waals surface area contributed by atoms with Gasteiger partial charge in [-0.1, -0.05) is 13.0 Å². The van der Waals surface area contributed by atoms with E-state index >= 15 is 0 Å². The number of carbonyl (C=O) groups is 2. The molecule has 1 aliphatic heterocycles. The van der Waals surface area contributed by atoms with Gasteiger partial charge in [-0.25, -0.2) is 0 Å². The molecule has 6 heteroatoms. The third-order valence-corrected chi connectivity index (χ3v) is 5.88. The summed E-state index contributed by atoms with van der Waals surface area (Å²) in [5, 5.41) is 10.0. The summed E-state index contributed by atoms with van der Waals surface area (Å²) >= 11 is 0. The number of nitrogens with zero attached hydrogens (tertiary/aromatic N) is 3. The zero-order valence-electron chi connectivity index (χ0n) is 15.5. The minimum absolute atomic E-state index is 0.0464. The van der Waals surface area contributed by atoms with Crippen LogP contribution in [0.15, 0.2) is 18.2 Å². The molecule has 6 nitrogen and oxygen atoms in total. The smallest absolute Gasteiger partial charge is 0.249 e. The number of carbonyl (C=O) groups excluding carboxylic acids is 2. The summed E-state index contributed by atoms with van der Waals surface area (Å²) in [6.07, 6.45) is 2.60. The van der Waals surface area contributed by atoms with E-state index < -0.39 is 5.91 Å². The van der Waals surface area contributed by atoms with E-state index in [4.69, 9.17) is 5.73 Å². The molecule has 0 radical (unpaired) electrons. The molecule has 2 fully saturated rings. The first-order chi connectivity index (χ1) is 12.9. The average molecular weight is 362 g/mol. The van der Waals surface area contributed by atoms with Crippen molar-refractivity contribution in [3.05, 3.63) is 40.6 Å². The molecule has 1 aromatic heterocycles. The SMILES string of the molecule is CCc1ccc2nc(C)c(CC(=O)N3[C@H](C#N)C[C@@H]4C[C@@H]43)c(C(N)=O)c2c1. The number of nitrogens with two attached hydrogens (primary N) is 1. The molecule has 1 aromatic carbocycles. The van der Waals surface area contributed by atoms with Gasteiger partial charge in [0.15, 0.2) is 0 Å². The Morgan fingerprint density at radius 2 is 2.15 bits per heavy atom. The minimum Gasteiger partial charge on any atom is -0.366 e. The summed E-state index contributed by atoms with van der Waals surface area (Å²) in [6.45, 7) is 3.84. The predicted molar refractivity (Wildman–Crippen MR) is 101 cm³/mol. The van der Waals surface area contributed by atoms with Gasteiger partial charge in [0.2, 0.25) is 11.8 Å². The predicted octanol–water partition coefficient (Wildman–Crippen LogP) is 2.26. The molecule has 2 N–H and O–H groups in total. The van der Waals surface area contributed by atoms with Crippen LogP contribution in [0.5, 0.6) is 0 Å². The number of primary amides is 1. The van der Waals surface area contributed by atoms with Gasteiger partial charge in [0.1, 0.15) is 6.04 Å². The van der Waals surface area contributed by atoms with Gasteiger partial charge in [-0.3, -0.25) is 14.6 Å². The molecule has 3 atom stereocenters. The lowest BCUT2D eigenvalue weighted by Crippen LogP contribution is -2.39. The minimum atomic E-state index is -0.552. The lowest BCUT2D eigenvalue weighted by atomic mass is 9.95. The summed E-state index contributed by atoms with van der Waals surface area (Å²) in [5.74, 6) is -0.216. The molecular weight excluding hydrogens is 340 g/mol. The number of aromatic nitrogens is 1. The normalized spacial score (nSPS) is 23.1. The lowest BCUT2D eigenvalue weighted by molar-refractivity contribution is -0.131. The van der Waals surface area contributed by atoms with E-state index in [1.807, 2.05) is 25.1 Å². The quantitative estimate of drug-likeness (QED) is 0.901. The fourth-order valence-electron chi connectivity index (χ4n) is 4.36. The van der Waals surface area contributed by atoms with Crippen LogP contribution in [0, 0.1) is 24.2 Å². The first kappa shape index (κ1) is 17.5. The van der Waals surface area contributed by atoms with Crippen LogP contribution in [0.2, 0.25) is 0 Å². The zero-order chi connectivity index (χ0) is 19.3. The first-order valence-electron chi connectivity index (χ1n) is 9.37. The Bertz CT molecular complexity index is 1010. The van der Waals surface area contributed by atoms with Crippen molar-refractivity contribution in [1.29, 1.82) is 5.26 Å². The average Bonchev–Trinajstić information content (AvgIpc) is 3.30. The summed E-state index contributed by atoms with van der Waals surface area (Å²) in [6, 6.07) is 7.86. The molecule has 0 spiro atoms. The topological polar surface area (TPSA) is 100 Å². The van der Waals surface area contributed by atoms with E-state index in [0.717, 1.165) is 24.8 Å². The highest BCUT2D eigenvalue weighted by Crippen LogP contribution is 2.47. The van der Waals surface area contributed by atoms with Crippen LogP contribution >= 0.6 is 0 Å². The van der Waals surface area contributed by atoms with Crippen LogP contribution in [0.3, 0.4) is 0 Å². The molecule has 2 aliphatic rings. The highest BCUT2D eigenvalue weighted by Gasteiger charge is 2.54. The molecule has 0 bridgehead atoms. The zero-order valence-corrected chi connectivity index (χ0v) is 15.5. The van der Waals surface area contributed by atoms with Crippen LogP contribution < -0.4 is 5.73 Å². The summed E-state index contributed by atoms with van der Waals surface area (Å²) in [7, 11) is 0. The number of pyridine rings is 1. The molecule has 27 heavy (non-hydrogen) atoms. The van der Waals surface area contributed by atoms with Crippen molar-refractivity contribution >= 4 is 22.7 Å². The number of nitriles is 1. The van der Waals surface area contributed by atoms with Crippen molar-refractivity contribution in [2.75, 3.05) is 0 Å². The second-order valence-corrected chi connectivity index (χ2v) is 7.54. The number of rotatable bonds is 4. The van der Waals surface area contributed by atoms with Gasteiger partial charge in [0, 0.05) is 17.1 Å². The van der Waals surface area contributed by atoms with Crippen LogP contribution in [0.25, 0.3) is 10.9 Å². The Kier molecular flexibility index (Phi) is 4.11. The molecule has 1 saturated heterocycles. The molecule has 138 valence electrons. The van der Waals surface area contributed by atoms with Gasteiger partial charge >= 0.3 is 0 Å². The van der Waals surface area contributed by atoms with Crippen LogP contribution in [-0.2, 0) is 17.6 Å². The fraction of sp³-hybridized carbons (Fsp3) is 0.429. The lowest BCUT2D eigenvalue weighted by Gasteiger charge is -2.23. The molecule has 1 saturated carbocycles. The van der Waals surface area contributed by atoms with Gasteiger partial charge in [-0.05, 0) is 55.4 Å². The Balaban J connectivity index is 1.77. The van der Waals surface area contributed by atoms with E-state index in [1.54, 1.807) is 11.8 Å². The molecule has 4 rings (SSSR count). The highest BCUT2D eigenvalue weighted by molar-refractivity contribution is 6.08. The number of hydrogen-bond acceptors (Lipinski definition) is 4. The van der Waals surface area contributed by atoms with E-state index in [2.05, 4.69) is 11.1 Å². The number of piperidine rings is 1. The number of benzene rings is 1. The van der Waals surface area contributed by atoms with Crippen molar-refractivity contribution < 1.29 is 9.59 Å². The number of amides is 2. The monoisotopic (exact) mass is 362 g/mol. The van der Waals surface area contributed by atoms with E-state index in [9.17, 15) is 14.9 Å². The molecular formula is C21H22N4O2. The van der Waals surface area contributed by atoms with Gasteiger partial charge in [0.25, 0.3) is 0 Å². The van der Waals surface area contributed by atoms with Gasteiger partial charge in [-0.2, -0.15) is 5.26 Å². The largest absolute Gasteiger partial charge is 0.366 e. The Morgan fingerprint density at radius 1 is 1.37 bits per heavy atom. The number of hydrogen-bond donors (Lipinski definition) is 1. The Hall–Kier alpha value is -2.94. The number of fused-ring (bicyclic) bond motifs is 2. The molecule has 1 aliphatic carbocycles. The highest BCUT2D eigenvalue weighted by atomic mass is 16.2. The van der Waals surface area contributed by atoms with Crippen molar-refractivity contribution in [1.82, 2.24) is 9.88 Å². The molecule has 2 aromatic rings. The van der Waals surface area contributed by atoms with Gasteiger partial charge < -0.3 is 10.6 Å². The standard InChI is InChI=1S/C21H22N4O2/c1-3-12-4-5-17-16(6-12)20(21(23)27)15(11(2)24-17)9-19(26)25-14(10-22)7-13-8-18(13)25/h4-6,13-14,18H,3,7-9H2,1-2H3,(H2,23,27)/t13-,14+,18+/m1/s1. The molecule has 2 amide bonds. The van der Waals surface area contributed by atoms with Crippen molar-refractivity contribution in [2.45, 2.75) is 51.6 Å². The van der Waals surface area contributed by atoms with Crippen molar-refractivity contribution in [3.8, 4) is 6.07 Å². The summed E-state index contributed by atoms with van der Waals surface area (Å²) in [4.78, 5) is 31.6. The number of likely N-dealkylation sites (tertiary alicyclic amines) is 1. The maximum absolute atomic E-state index is 13.0. The van der Waals surface area contributed by atoms with Crippen LogP contribution in [0.1, 0.15) is 46.9 Å². The maximum Gasteiger partial charge on any atom is 0.249 e. The Labute approximate surface area is 158 Å². The maximum atomic E-state index is 13.0. The summed E-state index contributed by atoms with van der Waals surface area (Å²) in [5.41, 5.74) is 9.09. The van der Waals surface area contributed by atoms with Gasteiger partial charge in [0.05, 0.1) is 23.6 Å². The van der Waals surface area contributed by atoms with Crippen molar-refractivity contribution in [3.63, 3.8) is 0 Å². The van der Waals surface area contributed by atoms with Crippen LogP contribution in [-0.4, -0.2) is 33.8 Å². The third kappa shape index (κ3) is 2.84. The second kappa shape index (κ2) is 6.34. The number of aryl methyl sites for hydroxylation is 2. The second-order valence-electron chi connectivity index (χ2n) is 7.54. The van der Waals surface area contributed by atoms with E-state index in [-0.39, 0.29) is 24.4 Å². The molecule has 0 unspecified atom stereocenters. The van der Waals surface area contributed by atoms with Crippen LogP contribution in [0.4, 0.5) is 0 Å². The van der Waals surface area contributed by atoms with E-state index in [1.165, 1.54) is 0 Å². The Morgan fingerprint density at radius 3 is 2.81 bits per heavy atom. The third-order valence-electron chi connectivity index (χ3n) is 5.88. The van der Waals surface area contributed by atoms with Gasteiger partial charge in [-0.15, -0.1) is 0 Å². The summed E-state index contributed by atoms with van der Waals surface area (Å²) < 4.78 is 0. The van der Waals surface area contributed by atoms with Crippen molar-refractivity contribution in [2.24, 2.45) is 11.7 Å². The first-order valence-corrected chi connectivity index (χ1v) is 9.37.